The van der Waals surface area contributed by atoms with Gasteiger partial charge in [-0.15, -0.1) is 0 Å². The van der Waals surface area contributed by atoms with Gasteiger partial charge in [-0.2, -0.15) is 0 Å². The van der Waals surface area contributed by atoms with Crippen LogP contribution < -0.4 is 9.46 Å². The van der Waals surface area contributed by atoms with Crippen molar-refractivity contribution < 1.29 is 13.2 Å². The zero-order chi connectivity index (χ0) is 13.9. The van der Waals surface area contributed by atoms with Crippen LogP contribution in [0.3, 0.4) is 0 Å². The summed E-state index contributed by atoms with van der Waals surface area (Å²) in [6, 6.07) is 7.93. The Morgan fingerprint density at radius 1 is 1.21 bits per heavy atom. The standard InChI is InChI=1S/C12H11BrN2O3S/c1-18-11-3-2-9(13)8-12(11)19(16,17)15-10-4-6-14-7-5-10/h2-8H,1H3,(H,14,15). The molecule has 2 aromatic rings. The van der Waals surface area contributed by atoms with E-state index in [0.717, 1.165) is 0 Å². The van der Waals surface area contributed by atoms with E-state index in [-0.39, 0.29) is 10.6 Å². The van der Waals surface area contributed by atoms with E-state index in [4.69, 9.17) is 4.74 Å². The van der Waals surface area contributed by atoms with Crippen molar-refractivity contribution in [2.24, 2.45) is 0 Å². The van der Waals surface area contributed by atoms with Crippen LogP contribution in [0.15, 0.2) is 52.1 Å². The molecule has 2 rings (SSSR count). The summed E-state index contributed by atoms with van der Waals surface area (Å²) in [4.78, 5) is 3.90. The van der Waals surface area contributed by atoms with Crippen molar-refractivity contribution in [3.8, 4) is 5.75 Å². The molecule has 0 saturated heterocycles. The number of nitrogens with one attached hydrogen (secondary N) is 1. The number of pyridine rings is 1. The number of sulfonamides is 1. The third-order valence-corrected chi connectivity index (χ3v) is 4.24. The summed E-state index contributed by atoms with van der Waals surface area (Å²) in [7, 11) is -2.29. The highest BCUT2D eigenvalue weighted by atomic mass is 79.9. The molecule has 0 aliphatic rings. The minimum atomic E-state index is -3.71. The zero-order valence-corrected chi connectivity index (χ0v) is 12.4. The fraction of sp³-hybridized carbons (Fsp3) is 0.0833. The number of nitrogens with zero attached hydrogens (tertiary/aromatic N) is 1. The molecule has 0 spiro atoms. The molecular formula is C12H11BrN2O3S. The van der Waals surface area contributed by atoms with Gasteiger partial charge in [0.05, 0.1) is 12.8 Å². The van der Waals surface area contributed by atoms with Gasteiger partial charge in [0.15, 0.2) is 0 Å². The molecule has 0 amide bonds. The Kier molecular flexibility index (Phi) is 4.06. The van der Waals surface area contributed by atoms with E-state index in [9.17, 15) is 8.42 Å². The van der Waals surface area contributed by atoms with Gasteiger partial charge >= 0.3 is 0 Å². The van der Waals surface area contributed by atoms with Crippen LogP contribution in [0.25, 0.3) is 0 Å². The van der Waals surface area contributed by atoms with Gasteiger partial charge in [0.1, 0.15) is 10.6 Å². The van der Waals surface area contributed by atoms with E-state index in [0.29, 0.717) is 10.2 Å². The van der Waals surface area contributed by atoms with Gasteiger partial charge < -0.3 is 4.74 Å². The predicted octanol–water partition coefficient (Wildman–Crippen LogP) is 2.65. The molecule has 5 nitrogen and oxygen atoms in total. The van der Waals surface area contributed by atoms with Crippen LogP contribution in [0.1, 0.15) is 0 Å². The number of rotatable bonds is 4. The van der Waals surface area contributed by atoms with Crippen molar-refractivity contribution in [3.63, 3.8) is 0 Å². The SMILES string of the molecule is COc1ccc(Br)cc1S(=O)(=O)Nc1ccncc1. The minimum Gasteiger partial charge on any atom is -0.495 e. The van der Waals surface area contributed by atoms with Gasteiger partial charge in [-0.05, 0) is 30.3 Å². The van der Waals surface area contributed by atoms with E-state index in [1.54, 1.807) is 24.3 Å². The highest BCUT2D eigenvalue weighted by Crippen LogP contribution is 2.28. The number of aromatic nitrogens is 1. The first-order valence-corrected chi connectivity index (χ1v) is 7.57. The van der Waals surface area contributed by atoms with Gasteiger partial charge in [0.2, 0.25) is 0 Å². The summed E-state index contributed by atoms with van der Waals surface area (Å²) >= 11 is 3.25. The lowest BCUT2D eigenvalue weighted by molar-refractivity contribution is 0.403. The summed E-state index contributed by atoms with van der Waals surface area (Å²) in [5, 5.41) is 0. The normalized spacial score (nSPS) is 11.1. The van der Waals surface area contributed by atoms with Crippen LogP contribution in [-0.2, 0) is 10.0 Å². The quantitative estimate of drug-likeness (QED) is 0.927. The molecule has 7 heteroatoms. The topological polar surface area (TPSA) is 68.3 Å². The van der Waals surface area contributed by atoms with Gasteiger partial charge in [-0.3, -0.25) is 9.71 Å². The second-order valence-corrected chi connectivity index (χ2v) is 6.20. The molecular weight excluding hydrogens is 332 g/mol. The van der Waals surface area contributed by atoms with Crippen LogP contribution in [0.4, 0.5) is 5.69 Å². The first kappa shape index (κ1) is 13.8. The fourth-order valence-electron chi connectivity index (χ4n) is 1.49. The molecule has 1 N–H and O–H groups in total. The van der Waals surface area contributed by atoms with Crippen LogP contribution in [0, 0.1) is 0 Å². The van der Waals surface area contributed by atoms with Crippen molar-refractivity contribution in [1.82, 2.24) is 4.98 Å². The molecule has 1 aromatic heterocycles. The van der Waals surface area contributed by atoms with Crippen molar-refractivity contribution in [1.29, 1.82) is 0 Å². The van der Waals surface area contributed by atoms with Gasteiger partial charge in [-0.1, -0.05) is 15.9 Å². The summed E-state index contributed by atoms with van der Waals surface area (Å²) in [6.45, 7) is 0. The lowest BCUT2D eigenvalue weighted by atomic mass is 10.3. The summed E-state index contributed by atoms with van der Waals surface area (Å²) in [6.07, 6.45) is 3.02. The summed E-state index contributed by atoms with van der Waals surface area (Å²) in [5.41, 5.74) is 0.442. The van der Waals surface area contributed by atoms with Crippen molar-refractivity contribution in [2.75, 3.05) is 11.8 Å². The highest BCUT2D eigenvalue weighted by molar-refractivity contribution is 9.10. The third-order valence-electron chi connectivity index (χ3n) is 2.35. The largest absolute Gasteiger partial charge is 0.495 e. The second-order valence-electron chi connectivity index (χ2n) is 3.64. The Morgan fingerprint density at radius 3 is 2.53 bits per heavy atom. The number of methoxy groups -OCH3 is 1. The van der Waals surface area contributed by atoms with Crippen molar-refractivity contribution in [2.45, 2.75) is 4.90 Å². The Labute approximate surface area is 119 Å². The number of hydrogen-bond acceptors (Lipinski definition) is 4. The number of ether oxygens (including phenoxy) is 1. The molecule has 0 fully saturated rings. The second kappa shape index (κ2) is 5.58. The molecule has 0 aliphatic heterocycles. The zero-order valence-electron chi connectivity index (χ0n) is 10.00. The average molecular weight is 343 g/mol. The minimum absolute atomic E-state index is 0.0705. The fourth-order valence-corrected chi connectivity index (χ4v) is 3.26. The van der Waals surface area contributed by atoms with Crippen molar-refractivity contribution in [3.05, 3.63) is 47.2 Å². The van der Waals surface area contributed by atoms with E-state index in [1.807, 2.05) is 0 Å². The highest BCUT2D eigenvalue weighted by Gasteiger charge is 2.19. The maximum Gasteiger partial charge on any atom is 0.265 e. The number of anilines is 1. The first-order valence-electron chi connectivity index (χ1n) is 5.29. The lowest BCUT2D eigenvalue weighted by Gasteiger charge is -2.11. The maximum absolute atomic E-state index is 12.3. The summed E-state index contributed by atoms with van der Waals surface area (Å²) < 4.78 is 32.8. The Bertz CT molecular complexity index is 675. The predicted molar refractivity (Wildman–Crippen MR) is 75.7 cm³/mol. The number of hydrogen-bond donors (Lipinski definition) is 1. The average Bonchev–Trinajstić information content (AvgIpc) is 2.39. The van der Waals surface area contributed by atoms with E-state index >= 15 is 0 Å². The third kappa shape index (κ3) is 3.24. The van der Waals surface area contributed by atoms with E-state index in [1.165, 1.54) is 25.6 Å². The van der Waals surface area contributed by atoms with Crippen LogP contribution in [-0.4, -0.2) is 20.5 Å². The Morgan fingerprint density at radius 2 is 1.89 bits per heavy atom. The molecule has 0 bridgehead atoms. The molecule has 100 valence electrons. The lowest BCUT2D eigenvalue weighted by Crippen LogP contribution is -2.14. The molecule has 0 saturated carbocycles. The van der Waals surface area contributed by atoms with Crippen LogP contribution in [0.5, 0.6) is 5.75 Å². The van der Waals surface area contributed by atoms with Gasteiger partial charge in [-0.25, -0.2) is 8.42 Å². The molecule has 0 atom stereocenters. The monoisotopic (exact) mass is 342 g/mol. The van der Waals surface area contributed by atoms with E-state index < -0.39 is 10.0 Å². The van der Waals surface area contributed by atoms with Gasteiger partial charge in [0.25, 0.3) is 10.0 Å². The molecule has 0 radical (unpaired) electrons. The maximum atomic E-state index is 12.3. The van der Waals surface area contributed by atoms with Crippen LogP contribution in [0.2, 0.25) is 0 Å². The molecule has 1 aromatic carbocycles. The molecule has 19 heavy (non-hydrogen) atoms. The van der Waals surface area contributed by atoms with E-state index in [2.05, 4.69) is 25.6 Å². The number of halogens is 1. The first-order chi connectivity index (χ1) is 9.03. The number of benzene rings is 1. The Balaban J connectivity index is 2.42. The molecule has 1 heterocycles. The smallest absolute Gasteiger partial charge is 0.265 e. The van der Waals surface area contributed by atoms with Crippen molar-refractivity contribution >= 4 is 31.6 Å². The van der Waals surface area contributed by atoms with Crippen LogP contribution >= 0.6 is 15.9 Å². The molecule has 0 unspecified atom stereocenters. The summed E-state index contributed by atoms with van der Waals surface area (Å²) in [5.74, 6) is 0.282. The van der Waals surface area contributed by atoms with Gasteiger partial charge in [0, 0.05) is 16.9 Å². The molecule has 0 aliphatic carbocycles. The Hall–Kier alpha value is -1.60.